The van der Waals surface area contributed by atoms with Crippen molar-refractivity contribution in [1.82, 2.24) is 10.3 Å². The van der Waals surface area contributed by atoms with Gasteiger partial charge in [0, 0.05) is 12.1 Å². The van der Waals surface area contributed by atoms with Gasteiger partial charge < -0.3 is 14.8 Å². The molecule has 3 rings (SSSR count). The molecular weight excluding hydrogens is 383 g/mol. The molecule has 0 aliphatic rings. The van der Waals surface area contributed by atoms with Crippen LogP contribution in [0.3, 0.4) is 0 Å². The number of aromatic nitrogens is 1. The molecule has 1 amide bonds. The fourth-order valence-electron chi connectivity index (χ4n) is 3.02. The van der Waals surface area contributed by atoms with Gasteiger partial charge in [0.1, 0.15) is 11.6 Å². The Balaban J connectivity index is 1.70. The molecule has 0 atom stereocenters. The first-order valence-electron chi connectivity index (χ1n) is 9.96. The number of benzene rings is 2. The fourth-order valence-corrected chi connectivity index (χ4v) is 3.02. The molecule has 0 radical (unpaired) electrons. The lowest BCUT2D eigenvalue weighted by Gasteiger charge is -2.12. The third-order valence-corrected chi connectivity index (χ3v) is 4.40. The molecule has 1 aromatic heterocycles. The molecule has 0 aliphatic carbocycles. The maximum atomic E-state index is 13.3. The first kappa shape index (κ1) is 21.3. The molecule has 2 aromatic carbocycles. The summed E-state index contributed by atoms with van der Waals surface area (Å²) in [4.78, 5) is 16.8. The molecule has 30 heavy (non-hydrogen) atoms. The van der Waals surface area contributed by atoms with E-state index in [0.717, 1.165) is 16.9 Å². The van der Waals surface area contributed by atoms with Gasteiger partial charge in [-0.3, -0.25) is 4.79 Å². The Morgan fingerprint density at radius 1 is 1.00 bits per heavy atom. The number of amides is 1. The molecule has 0 spiro atoms. The highest BCUT2D eigenvalue weighted by atomic mass is 19.1. The molecule has 0 saturated heterocycles. The molecular formula is C24H25FN2O3. The minimum absolute atomic E-state index is 0.110. The summed E-state index contributed by atoms with van der Waals surface area (Å²) in [5, 5.41) is 2.79. The highest BCUT2D eigenvalue weighted by molar-refractivity contribution is 5.78. The summed E-state index contributed by atoms with van der Waals surface area (Å²) in [7, 11) is 0. The number of nitrogens with zero attached hydrogens (tertiary/aromatic N) is 1. The Hall–Kier alpha value is -3.41. The third kappa shape index (κ3) is 5.80. The second-order valence-electron chi connectivity index (χ2n) is 6.63. The number of hydrogen-bond donors (Lipinski definition) is 1. The molecule has 1 N–H and O–H groups in total. The van der Waals surface area contributed by atoms with Crippen molar-refractivity contribution in [3.63, 3.8) is 0 Å². The summed E-state index contributed by atoms with van der Waals surface area (Å²) in [5.41, 5.74) is 3.11. The molecule has 0 unspecified atom stereocenters. The van der Waals surface area contributed by atoms with Crippen LogP contribution in [0.15, 0.2) is 60.7 Å². The minimum Gasteiger partial charge on any atom is -0.494 e. The Labute approximate surface area is 175 Å². The highest BCUT2D eigenvalue weighted by Gasteiger charge is 2.12. The van der Waals surface area contributed by atoms with Crippen molar-refractivity contribution in [2.75, 3.05) is 13.2 Å². The van der Waals surface area contributed by atoms with Crippen molar-refractivity contribution in [3.05, 3.63) is 77.7 Å². The van der Waals surface area contributed by atoms with E-state index in [0.29, 0.717) is 30.4 Å². The fraction of sp³-hybridized carbons (Fsp3) is 0.250. The summed E-state index contributed by atoms with van der Waals surface area (Å²) in [6, 6.07) is 17.6. The number of ether oxygens (including phenoxy) is 2. The van der Waals surface area contributed by atoms with Crippen LogP contribution < -0.4 is 14.8 Å². The van der Waals surface area contributed by atoms with E-state index >= 15 is 0 Å². The van der Waals surface area contributed by atoms with Crippen molar-refractivity contribution in [3.8, 4) is 22.8 Å². The van der Waals surface area contributed by atoms with Crippen LogP contribution in [0.2, 0.25) is 0 Å². The van der Waals surface area contributed by atoms with E-state index in [4.69, 9.17) is 9.47 Å². The third-order valence-electron chi connectivity index (χ3n) is 4.40. The predicted octanol–water partition coefficient (Wildman–Crippen LogP) is 4.54. The summed E-state index contributed by atoms with van der Waals surface area (Å²) in [5.74, 6) is 0.772. The largest absolute Gasteiger partial charge is 0.494 e. The maximum Gasteiger partial charge on any atom is 0.226 e. The summed E-state index contributed by atoms with van der Waals surface area (Å²) < 4.78 is 24.5. The minimum atomic E-state index is -0.324. The number of rotatable bonds is 9. The Kier molecular flexibility index (Phi) is 7.38. The zero-order valence-electron chi connectivity index (χ0n) is 17.2. The number of nitrogens with one attached hydrogen (secondary N) is 1. The van der Waals surface area contributed by atoms with Gasteiger partial charge in [-0.2, -0.15) is 0 Å². The van der Waals surface area contributed by atoms with Gasteiger partial charge in [-0.05, 0) is 61.4 Å². The molecule has 0 bridgehead atoms. The Morgan fingerprint density at radius 2 is 1.77 bits per heavy atom. The molecule has 6 heteroatoms. The second-order valence-corrected chi connectivity index (χ2v) is 6.63. The van der Waals surface area contributed by atoms with Crippen LogP contribution in [0.4, 0.5) is 4.39 Å². The summed E-state index contributed by atoms with van der Waals surface area (Å²) >= 11 is 0. The van der Waals surface area contributed by atoms with Crippen LogP contribution in [-0.2, 0) is 17.8 Å². The van der Waals surface area contributed by atoms with Gasteiger partial charge in [0.25, 0.3) is 0 Å². The molecule has 0 fully saturated rings. The zero-order chi connectivity index (χ0) is 21.3. The van der Waals surface area contributed by atoms with Gasteiger partial charge in [-0.1, -0.05) is 24.3 Å². The Morgan fingerprint density at radius 3 is 2.47 bits per heavy atom. The van der Waals surface area contributed by atoms with E-state index in [-0.39, 0.29) is 24.7 Å². The highest BCUT2D eigenvalue weighted by Crippen LogP contribution is 2.30. The summed E-state index contributed by atoms with van der Waals surface area (Å²) in [6.45, 7) is 5.17. The average molecular weight is 408 g/mol. The van der Waals surface area contributed by atoms with Gasteiger partial charge in [-0.25, -0.2) is 9.37 Å². The number of pyridine rings is 1. The Bertz CT molecular complexity index is 990. The lowest BCUT2D eigenvalue weighted by atomic mass is 10.1. The quantitative estimate of drug-likeness (QED) is 0.565. The smallest absolute Gasteiger partial charge is 0.226 e. The van der Waals surface area contributed by atoms with Gasteiger partial charge >= 0.3 is 0 Å². The standard InChI is InChI=1S/C24H25FN2O3/c1-3-29-21-11-8-18(9-12-21)22-13-10-20(27-24(22)30-4-2)15-23(28)26-16-17-6-5-7-19(25)14-17/h5-14H,3-4,15-16H2,1-2H3,(H,26,28). The van der Waals surface area contributed by atoms with Crippen LogP contribution in [0.1, 0.15) is 25.1 Å². The van der Waals surface area contributed by atoms with Crippen LogP contribution in [0.5, 0.6) is 11.6 Å². The van der Waals surface area contributed by atoms with Gasteiger partial charge in [0.05, 0.1) is 25.3 Å². The SMILES string of the molecule is CCOc1ccc(-c2ccc(CC(=O)NCc3cccc(F)c3)nc2OCC)cc1. The van der Waals surface area contributed by atoms with E-state index in [2.05, 4.69) is 10.3 Å². The molecule has 1 heterocycles. The van der Waals surface area contributed by atoms with E-state index in [1.54, 1.807) is 12.1 Å². The van der Waals surface area contributed by atoms with Crippen molar-refractivity contribution in [2.24, 2.45) is 0 Å². The van der Waals surface area contributed by atoms with E-state index in [9.17, 15) is 9.18 Å². The molecule has 3 aromatic rings. The average Bonchev–Trinajstić information content (AvgIpc) is 2.74. The second kappa shape index (κ2) is 10.4. The predicted molar refractivity (Wildman–Crippen MR) is 114 cm³/mol. The van der Waals surface area contributed by atoms with Crippen LogP contribution in [0, 0.1) is 5.82 Å². The van der Waals surface area contributed by atoms with Gasteiger partial charge in [-0.15, -0.1) is 0 Å². The first-order chi connectivity index (χ1) is 14.6. The van der Waals surface area contributed by atoms with Crippen molar-refractivity contribution in [2.45, 2.75) is 26.8 Å². The van der Waals surface area contributed by atoms with E-state index in [1.165, 1.54) is 12.1 Å². The zero-order valence-corrected chi connectivity index (χ0v) is 17.2. The number of halogens is 1. The molecule has 156 valence electrons. The van der Waals surface area contributed by atoms with Crippen LogP contribution >= 0.6 is 0 Å². The molecule has 0 saturated carbocycles. The van der Waals surface area contributed by atoms with E-state index < -0.39 is 0 Å². The van der Waals surface area contributed by atoms with Gasteiger partial charge in [0.15, 0.2) is 0 Å². The van der Waals surface area contributed by atoms with Crippen molar-refractivity contribution < 1.29 is 18.7 Å². The van der Waals surface area contributed by atoms with E-state index in [1.807, 2.05) is 50.2 Å². The molecule has 5 nitrogen and oxygen atoms in total. The first-order valence-corrected chi connectivity index (χ1v) is 9.96. The van der Waals surface area contributed by atoms with Gasteiger partial charge in [0.2, 0.25) is 11.8 Å². The van der Waals surface area contributed by atoms with Crippen molar-refractivity contribution >= 4 is 5.91 Å². The van der Waals surface area contributed by atoms with Crippen molar-refractivity contribution in [1.29, 1.82) is 0 Å². The topological polar surface area (TPSA) is 60.5 Å². The van der Waals surface area contributed by atoms with Crippen LogP contribution in [-0.4, -0.2) is 24.1 Å². The normalized spacial score (nSPS) is 10.5. The summed E-state index contributed by atoms with van der Waals surface area (Å²) in [6.07, 6.45) is 0.110. The lowest BCUT2D eigenvalue weighted by molar-refractivity contribution is -0.120. The number of carbonyl (C=O) groups excluding carboxylic acids is 1. The van der Waals surface area contributed by atoms with Crippen LogP contribution in [0.25, 0.3) is 11.1 Å². The number of carbonyl (C=O) groups is 1. The monoisotopic (exact) mass is 408 g/mol. The number of hydrogen-bond acceptors (Lipinski definition) is 4. The maximum absolute atomic E-state index is 13.3. The molecule has 0 aliphatic heterocycles. The lowest BCUT2D eigenvalue weighted by Crippen LogP contribution is -2.25.